The van der Waals surface area contributed by atoms with Gasteiger partial charge in [0.1, 0.15) is 19.0 Å². The summed E-state index contributed by atoms with van der Waals surface area (Å²) in [5.41, 5.74) is 3.06. The summed E-state index contributed by atoms with van der Waals surface area (Å²) in [6.45, 7) is 7.31. The Morgan fingerprint density at radius 3 is 2.54 bits per heavy atom. The molecule has 1 aliphatic rings. The quantitative estimate of drug-likeness (QED) is 0.764. The summed E-state index contributed by atoms with van der Waals surface area (Å²) in [4.78, 5) is 12.2. The van der Waals surface area contributed by atoms with Crippen molar-refractivity contribution in [3.8, 4) is 17.2 Å². The highest BCUT2D eigenvalue weighted by atomic mass is 79.9. The second kappa shape index (κ2) is 7.99. The van der Waals surface area contributed by atoms with E-state index in [4.69, 9.17) is 14.2 Å². The average molecular weight is 420 g/mol. The molecule has 0 bridgehead atoms. The van der Waals surface area contributed by atoms with E-state index in [2.05, 4.69) is 42.0 Å². The maximum absolute atomic E-state index is 12.2. The normalized spacial score (nSPS) is 12.8. The van der Waals surface area contributed by atoms with Gasteiger partial charge in [0.05, 0.1) is 5.69 Å². The molecule has 0 saturated carbocycles. The summed E-state index contributed by atoms with van der Waals surface area (Å²) in [6.07, 6.45) is 0. The molecule has 0 atom stereocenters. The number of amides is 1. The van der Waals surface area contributed by atoms with E-state index in [1.54, 1.807) is 12.1 Å². The molecule has 0 unspecified atom stereocenters. The van der Waals surface area contributed by atoms with Gasteiger partial charge in [-0.2, -0.15) is 0 Å². The van der Waals surface area contributed by atoms with Gasteiger partial charge in [0, 0.05) is 16.6 Å². The van der Waals surface area contributed by atoms with Crippen molar-refractivity contribution >= 4 is 27.5 Å². The lowest BCUT2D eigenvalue weighted by atomic mass is 9.98. The first kappa shape index (κ1) is 18.6. The number of aryl methyl sites for hydroxylation is 1. The predicted octanol–water partition coefficient (Wildman–Crippen LogP) is 4.67. The molecule has 1 amide bonds. The van der Waals surface area contributed by atoms with Gasteiger partial charge in [-0.3, -0.25) is 4.79 Å². The van der Waals surface area contributed by atoms with Crippen LogP contribution in [0.2, 0.25) is 0 Å². The third-order valence-corrected chi connectivity index (χ3v) is 4.80. The molecular formula is C20H22BrNO4. The van der Waals surface area contributed by atoms with Crippen LogP contribution in [0.4, 0.5) is 5.69 Å². The van der Waals surface area contributed by atoms with Gasteiger partial charge in [-0.15, -0.1) is 0 Å². The molecule has 1 heterocycles. The molecule has 0 radical (unpaired) electrons. The average Bonchev–Trinajstić information content (AvgIpc) is 2.60. The molecular weight excluding hydrogens is 398 g/mol. The number of rotatable bonds is 5. The van der Waals surface area contributed by atoms with E-state index in [1.807, 2.05) is 18.2 Å². The Morgan fingerprint density at radius 1 is 1.19 bits per heavy atom. The maximum Gasteiger partial charge on any atom is 0.262 e. The molecule has 0 aliphatic carbocycles. The fraction of sp³-hybridized carbons (Fsp3) is 0.350. The Hall–Kier alpha value is -2.21. The molecule has 1 N–H and O–H groups in total. The highest BCUT2D eigenvalue weighted by molar-refractivity contribution is 9.10. The van der Waals surface area contributed by atoms with E-state index in [-0.39, 0.29) is 12.5 Å². The lowest BCUT2D eigenvalue weighted by molar-refractivity contribution is -0.118. The second-order valence-electron chi connectivity index (χ2n) is 6.49. The van der Waals surface area contributed by atoms with Crippen LogP contribution in [0.25, 0.3) is 0 Å². The Bertz CT molecular complexity index is 820. The van der Waals surface area contributed by atoms with Crippen molar-refractivity contribution in [3.63, 3.8) is 0 Å². The van der Waals surface area contributed by atoms with Crippen LogP contribution in [0.15, 0.2) is 34.8 Å². The largest absolute Gasteiger partial charge is 0.486 e. The van der Waals surface area contributed by atoms with Gasteiger partial charge in [-0.25, -0.2) is 0 Å². The molecule has 5 nitrogen and oxygen atoms in total. The van der Waals surface area contributed by atoms with Crippen molar-refractivity contribution in [1.29, 1.82) is 0 Å². The number of hydrogen-bond donors (Lipinski definition) is 1. The van der Waals surface area contributed by atoms with Crippen molar-refractivity contribution in [1.82, 2.24) is 0 Å². The van der Waals surface area contributed by atoms with E-state index in [0.29, 0.717) is 42.1 Å². The first-order chi connectivity index (χ1) is 12.4. The Balaban J connectivity index is 1.62. The second-order valence-corrected chi connectivity index (χ2v) is 7.34. The standard InChI is InChI=1S/C20H22BrNO4/c1-12(2)15-5-4-14(8-13(15)3)26-11-20(23)22-17-10-19-18(9-16(17)21)24-6-7-25-19/h4-5,8-10,12H,6-7,11H2,1-3H3,(H,22,23). The van der Waals surface area contributed by atoms with Crippen molar-refractivity contribution < 1.29 is 19.0 Å². The van der Waals surface area contributed by atoms with Gasteiger partial charge in [0.15, 0.2) is 18.1 Å². The molecule has 0 fully saturated rings. The zero-order valence-corrected chi connectivity index (χ0v) is 16.7. The van der Waals surface area contributed by atoms with Gasteiger partial charge in [0.2, 0.25) is 0 Å². The lowest BCUT2D eigenvalue weighted by Gasteiger charge is -2.20. The highest BCUT2D eigenvalue weighted by Crippen LogP contribution is 2.38. The van der Waals surface area contributed by atoms with E-state index in [1.165, 1.54) is 5.56 Å². The van der Waals surface area contributed by atoms with Gasteiger partial charge in [-0.1, -0.05) is 19.9 Å². The molecule has 138 valence electrons. The third-order valence-electron chi connectivity index (χ3n) is 4.14. The van der Waals surface area contributed by atoms with Gasteiger partial charge in [0.25, 0.3) is 5.91 Å². The van der Waals surface area contributed by atoms with Crippen LogP contribution >= 0.6 is 15.9 Å². The van der Waals surface area contributed by atoms with Crippen LogP contribution in [-0.2, 0) is 4.79 Å². The molecule has 0 saturated heterocycles. The van der Waals surface area contributed by atoms with E-state index >= 15 is 0 Å². The number of benzene rings is 2. The minimum Gasteiger partial charge on any atom is -0.486 e. The number of ether oxygens (including phenoxy) is 3. The van der Waals surface area contributed by atoms with Crippen molar-refractivity contribution in [3.05, 3.63) is 45.9 Å². The lowest BCUT2D eigenvalue weighted by Crippen LogP contribution is -2.21. The predicted molar refractivity (Wildman–Crippen MR) is 105 cm³/mol. The number of nitrogens with one attached hydrogen (secondary N) is 1. The van der Waals surface area contributed by atoms with Crippen LogP contribution in [-0.4, -0.2) is 25.7 Å². The summed E-state index contributed by atoms with van der Waals surface area (Å²) >= 11 is 3.44. The maximum atomic E-state index is 12.2. The fourth-order valence-corrected chi connectivity index (χ4v) is 3.30. The summed E-state index contributed by atoms with van der Waals surface area (Å²) in [5.74, 6) is 2.19. The topological polar surface area (TPSA) is 56.8 Å². The number of fused-ring (bicyclic) bond motifs is 1. The monoisotopic (exact) mass is 419 g/mol. The number of halogens is 1. The number of anilines is 1. The van der Waals surface area contributed by atoms with Crippen LogP contribution in [0.3, 0.4) is 0 Å². The first-order valence-electron chi connectivity index (χ1n) is 8.56. The molecule has 2 aromatic rings. The van der Waals surface area contributed by atoms with E-state index in [0.717, 1.165) is 10.0 Å². The number of carbonyl (C=O) groups excluding carboxylic acids is 1. The summed E-state index contributed by atoms with van der Waals surface area (Å²) in [7, 11) is 0. The number of hydrogen-bond acceptors (Lipinski definition) is 4. The Labute approximate surface area is 161 Å². The third kappa shape index (κ3) is 4.30. The van der Waals surface area contributed by atoms with Crippen molar-refractivity contribution in [2.75, 3.05) is 25.1 Å². The first-order valence-corrected chi connectivity index (χ1v) is 9.35. The molecule has 2 aromatic carbocycles. The van der Waals surface area contributed by atoms with Crippen LogP contribution in [0, 0.1) is 6.92 Å². The molecule has 0 aromatic heterocycles. The Morgan fingerprint density at radius 2 is 1.88 bits per heavy atom. The molecule has 1 aliphatic heterocycles. The molecule has 26 heavy (non-hydrogen) atoms. The van der Waals surface area contributed by atoms with Gasteiger partial charge < -0.3 is 19.5 Å². The summed E-state index contributed by atoms with van der Waals surface area (Å²) in [5, 5.41) is 2.83. The van der Waals surface area contributed by atoms with E-state index in [9.17, 15) is 4.79 Å². The summed E-state index contributed by atoms with van der Waals surface area (Å²) < 4.78 is 17.4. The van der Waals surface area contributed by atoms with Crippen molar-refractivity contribution in [2.24, 2.45) is 0 Å². The highest BCUT2D eigenvalue weighted by Gasteiger charge is 2.16. The zero-order valence-electron chi connectivity index (χ0n) is 15.1. The van der Waals surface area contributed by atoms with Crippen molar-refractivity contribution in [2.45, 2.75) is 26.7 Å². The molecule has 6 heteroatoms. The SMILES string of the molecule is Cc1cc(OCC(=O)Nc2cc3c(cc2Br)OCCO3)ccc1C(C)C. The minimum atomic E-state index is -0.243. The smallest absolute Gasteiger partial charge is 0.262 e. The van der Waals surface area contributed by atoms with Crippen LogP contribution in [0.1, 0.15) is 30.9 Å². The molecule has 0 spiro atoms. The van der Waals surface area contributed by atoms with Crippen LogP contribution < -0.4 is 19.5 Å². The van der Waals surface area contributed by atoms with Gasteiger partial charge >= 0.3 is 0 Å². The fourth-order valence-electron chi connectivity index (χ4n) is 2.88. The van der Waals surface area contributed by atoms with E-state index < -0.39 is 0 Å². The number of carbonyl (C=O) groups is 1. The van der Waals surface area contributed by atoms with Gasteiger partial charge in [-0.05, 0) is 52.0 Å². The molecule has 3 rings (SSSR count). The Kier molecular flexibility index (Phi) is 5.71. The summed E-state index contributed by atoms with van der Waals surface area (Å²) in [6, 6.07) is 9.44. The minimum absolute atomic E-state index is 0.0681. The zero-order chi connectivity index (χ0) is 18.7. The van der Waals surface area contributed by atoms with Crippen LogP contribution in [0.5, 0.6) is 17.2 Å².